The van der Waals surface area contributed by atoms with Crippen molar-refractivity contribution >= 4 is 27.1 Å². The van der Waals surface area contributed by atoms with Gasteiger partial charge in [-0.1, -0.05) is 12.1 Å². The van der Waals surface area contributed by atoms with Crippen molar-refractivity contribution in [1.82, 2.24) is 15.2 Å². The predicted molar refractivity (Wildman–Crippen MR) is 106 cm³/mol. The number of thiazole rings is 1. The van der Waals surface area contributed by atoms with Gasteiger partial charge in [0.1, 0.15) is 10.8 Å². The lowest BCUT2D eigenvalue weighted by molar-refractivity contribution is -0.122. The molecular weight excluding hydrogens is 386 g/mol. The summed E-state index contributed by atoms with van der Waals surface area (Å²) in [6.45, 7) is 0.736. The third-order valence-electron chi connectivity index (χ3n) is 4.31. The fourth-order valence-corrected chi connectivity index (χ4v) is 5.51. The molecule has 1 unspecified atom stereocenters. The van der Waals surface area contributed by atoms with Gasteiger partial charge in [0.15, 0.2) is 9.84 Å². The van der Waals surface area contributed by atoms with Crippen LogP contribution in [0, 0.1) is 0 Å². The van der Waals surface area contributed by atoms with E-state index < -0.39 is 9.84 Å². The van der Waals surface area contributed by atoms with Crippen molar-refractivity contribution < 1.29 is 17.9 Å². The summed E-state index contributed by atoms with van der Waals surface area (Å²) in [7, 11) is 0.482. The fraction of sp³-hybridized carbons (Fsp3) is 0.444. The Hall–Kier alpha value is -1.97. The highest BCUT2D eigenvalue weighted by molar-refractivity contribution is 7.91. The van der Waals surface area contributed by atoms with Crippen molar-refractivity contribution in [3.63, 3.8) is 0 Å². The number of nitrogens with one attached hydrogen (secondary N) is 1. The van der Waals surface area contributed by atoms with Crippen LogP contribution in [0.1, 0.15) is 12.1 Å². The first kappa shape index (κ1) is 19.8. The first-order valence-electron chi connectivity index (χ1n) is 8.62. The number of carbonyl (C=O) groups excluding carboxylic acids is 1. The first-order valence-corrected chi connectivity index (χ1v) is 11.3. The number of likely N-dealkylation sites (N-methyl/N-ethyl adjacent to an activating group) is 1. The van der Waals surface area contributed by atoms with Gasteiger partial charge in [-0.05, 0) is 25.6 Å². The number of benzene rings is 1. The Balaban J connectivity index is 1.53. The van der Waals surface area contributed by atoms with Gasteiger partial charge < -0.3 is 10.1 Å². The highest BCUT2D eigenvalue weighted by Crippen LogP contribution is 2.27. The molecule has 1 aliphatic rings. The highest BCUT2D eigenvalue weighted by Gasteiger charge is 2.29. The van der Waals surface area contributed by atoms with E-state index in [1.807, 2.05) is 41.6 Å². The summed E-state index contributed by atoms with van der Waals surface area (Å²) in [6.07, 6.45) is 0.494. The van der Waals surface area contributed by atoms with E-state index in [1.54, 1.807) is 18.4 Å². The molecule has 1 amide bonds. The van der Waals surface area contributed by atoms with Crippen LogP contribution >= 0.6 is 11.3 Å². The number of carbonyl (C=O) groups is 1. The van der Waals surface area contributed by atoms with Crippen LogP contribution < -0.4 is 10.1 Å². The van der Waals surface area contributed by atoms with Gasteiger partial charge in [0.2, 0.25) is 5.91 Å². The first-order chi connectivity index (χ1) is 12.8. The second-order valence-corrected chi connectivity index (χ2v) is 9.80. The molecule has 2 heterocycles. The van der Waals surface area contributed by atoms with Crippen molar-refractivity contribution in [2.75, 3.05) is 32.2 Å². The average molecular weight is 410 g/mol. The number of sulfone groups is 1. The fourth-order valence-electron chi connectivity index (χ4n) is 3.03. The molecule has 0 radical (unpaired) electrons. The Bertz CT molecular complexity index is 911. The summed E-state index contributed by atoms with van der Waals surface area (Å²) in [4.78, 5) is 18.6. The predicted octanol–water partition coefficient (Wildman–Crippen LogP) is 1.55. The van der Waals surface area contributed by atoms with Gasteiger partial charge in [-0.15, -0.1) is 11.3 Å². The number of amides is 1. The van der Waals surface area contributed by atoms with Crippen LogP contribution in [0.25, 0.3) is 10.6 Å². The number of hydrogen-bond acceptors (Lipinski definition) is 7. The molecule has 2 aromatic rings. The maximum atomic E-state index is 12.1. The number of nitrogens with zero attached hydrogens (tertiary/aromatic N) is 2. The molecule has 1 atom stereocenters. The zero-order chi connectivity index (χ0) is 19.4. The summed E-state index contributed by atoms with van der Waals surface area (Å²) in [5.41, 5.74) is 1.88. The van der Waals surface area contributed by atoms with Gasteiger partial charge in [0.25, 0.3) is 0 Å². The van der Waals surface area contributed by atoms with E-state index in [9.17, 15) is 13.2 Å². The molecule has 1 N–H and O–H groups in total. The zero-order valence-corrected chi connectivity index (χ0v) is 17.0. The summed E-state index contributed by atoms with van der Waals surface area (Å²) >= 11 is 1.55. The second-order valence-electron chi connectivity index (χ2n) is 6.72. The van der Waals surface area contributed by atoms with Crippen LogP contribution in [0.15, 0.2) is 29.6 Å². The molecule has 0 spiro atoms. The Labute approximate surface area is 163 Å². The van der Waals surface area contributed by atoms with E-state index in [0.717, 1.165) is 22.0 Å². The zero-order valence-electron chi connectivity index (χ0n) is 15.3. The molecular formula is C18H23N3O4S2. The van der Waals surface area contributed by atoms with Crippen molar-refractivity contribution in [2.45, 2.75) is 19.0 Å². The third kappa shape index (κ3) is 5.50. The van der Waals surface area contributed by atoms with E-state index in [2.05, 4.69) is 10.3 Å². The number of methoxy groups -OCH3 is 1. The summed E-state index contributed by atoms with van der Waals surface area (Å²) in [6, 6.07) is 7.47. The minimum Gasteiger partial charge on any atom is -0.497 e. The molecule has 1 aromatic carbocycles. The molecule has 9 heteroatoms. The monoisotopic (exact) mass is 409 g/mol. The third-order valence-corrected chi connectivity index (χ3v) is 7.02. The second kappa shape index (κ2) is 8.37. The molecule has 1 aliphatic heterocycles. The maximum Gasteiger partial charge on any atom is 0.234 e. The Kier molecular flexibility index (Phi) is 6.13. The lowest BCUT2D eigenvalue weighted by Gasteiger charge is -2.17. The van der Waals surface area contributed by atoms with Gasteiger partial charge >= 0.3 is 0 Å². The number of aromatic nitrogens is 1. The van der Waals surface area contributed by atoms with E-state index in [0.29, 0.717) is 13.0 Å². The Morgan fingerprint density at radius 3 is 2.96 bits per heavy atom. The Morgan fingerprint density at radius 2 is 2.26 bits per heavy atom. The molecule has 1 aromatic heterocycles. The van der Waals surface area contributed by atoms with Crippen LogP contribution in [0.3, 0.4) is 0 Å². The van der Waals surface area contributed by atoms with Gasteiger partial charge in [0.05, 0.1) is 30.9 Å². The minimum absolute atomic E-state index is 0.0401. The van der Waals surface area contributed by atoms with Crippen molar-refractivity contribution in [3.05, 3.63) is 35.3 Å². The molecule has 1 saturated heterocycles. The van der Waals surface area contributed by atoms with Crippen molar-refractivity contribution in [2.24, 2.45) is 0 Å². The van der Waals surface area contributed by atoms with Crippen LogP contribution in [0.4, 0.5) is 0 Å². The number of ether oxygens (including phenoxy) is 1. The smallest absolute Gasteiger partial charge is 0.234 e. The molecule has 0 aliphatic carbocycles. The van der Waals surface area contributed by atoms with Crippen molar-refractivity contribution in [1.29, 1.82) is 0 Å². The number of rotatable bonds is 7. The van der Waals surface area contributed by atoms with E-state index >= 15 is 0 Å². The molecule has 27 heavy (non-hydrogen) atoms. The molecule has 0 saturated carbocycles. The highest BCUT2D eigenvalue weighted by atomic mass is 32.2. The summed E-state index contributed by atoms with van der Waals surface area (Å²) in [5.74, 6) is 0.813. The van der Waals surface area contributed by atoms with Crippen LogP contribution in [0.2, 0.25) is 0 Å². The topological polar surface area (TPSA) is 88.6 Å². The molecule has 0 bridgehead atoms. The van der Waals surface area contributed by atoms with Gasteiger partial charge in [0, 0.05) is 23.5 Å². The lowest BCUT2D eigenvalue weighted by atomic mass is 10.2. The molecule has 3 rings (SSSR count). The lowest BCUT2D eigenvalue weighted by Crippen LogP contribution is -2.41. The van der Waals surface area contributed by atoms with E-state index in [-0.39, 0.29) is 30.0 Å². The maximum absolute atomic E-state index is 12.1. The van der Waals surface area contributed by atoms with Gasteiger partial charge in [-0.25, -0.2) is 13.4 Å². The standard InChI is InChI=1S/C18H23N3O4S2/c1-21(10-17(22)19-14-6-7-27(23,24)12-14)9-15-11-26-18(20-15)13-4-3-5-16(8-13)25-2/h3-5,8,11,14H,6-7,9-10,12H2,1-2H3,(H,19,22). The summed E-state index contributed by atoms with van der Waals surface area (Å²) in [5, 5.41) is 5.68. The SMILES string of the molecule is COc1cccc(-c2nc(CN(C)CC(=O)NC3CCS(=O)(=O)C3)cs2)c1. The normalized spacial score (nSPS) is 18.6. The minimum atomic E-state index is -2.99. The molecule has 1 fully saturated rings. The van der Waals surface area contributed by atoms with Crippen LogP contribution in [0.5, 0.6) is 5.75 Å². The van der Waals surface area contributed by atoms with E-state index in [1.165, 1.54) is 0 Å². The van der Waals surface area contributed by atoms with E-state index in [4.69, 9.17) is 4.74 Å². The number of hydrogen-bond donors (Lipinski definition) is 1. The quantitative estimate of drug-likeness (QED) is 0.747. The van der Waals surface area contributed by atoms with Crippen LogP contribution in [-0.2, 0) is 21.2 Å². The molecule has 146 valence electrons. The average Bonchev–Trinajstić information content (AvgIpc) is 3.20. The van der Waals surface area contributed by atoms with Gasteiger partial charge in [-0.3, -0.25) is 9.69 Å². The van der Waals surface area contributed by atoms with Crippen LogP contribution in [-0.4, -0.2) is 62.5 Å². The molecule has 7 nitrogen and oxygen atoms in total. The summed E-state index contributed by atoms with van der Waals surface area (Å²) < 4.78 is 28.2. The Morgan fingerprint density at radius 1 is 1.44 bits per heavy atom. The van der Waals surface area contributed by atoms with Gasteiger partial charge in [-0.2, -0.15) is 0 Å². The largest absolute Gasteiger partial charge is 0.497 e. The van der Waals surface area contributed by atoms with Crippen molar-refractivity contribution in [3.8, 4) is 16.3 Å².